The molecule has 6 heteroatoms. The van der Waals surface area contributed by atoms with Crippen LogP contribution in [0.25, 0.3) is 0 Å². The van der Waals surface area contributed by atoms with E-state index in [1.165, 1.54) is 11.8 Å². The van der Waals surface area contributed by atoms with Gasteiger partial charge in [0, 0.05) is 32.0 Å². The molecule has 0 aromatic heterocycles. The van der Waals surface area contributed by atoms with Crippen molar-refractivity contribution >= 4 is 15.9 Å². The first-order chi connectivity index (χ1) is 11.4. The molecule has 132 valence electrons. The van der Waals surface area contributed by atoms with Gasteiger partial charge in [0.2, 0.25) is 15.9 Å². The molecule has 1 aromatic rings. The summed E-state index contributed by atoms with van der Waals surface area (Å²) >= 11 is 0. The highest BCUT2D eigenvalue weighted by Crippen LogP contribution is 2.39. The minimum Gasteiger partial charge on any atom is -0.338 e. The summed E-state index contributed by atoms with van der Waals surface area (Å²) in [6.45, 7) is 2.85. The number of likely N-dealkylation sites (tertiary alicyclic amines) is 1. The molecule has 24 heavy (non-hydrogen) atoms. The second kappa shape index (κ2) is 6.84. The molecule has 0 radical (unpaired) electrons. The topological polar surface area (TPSA) is 57.7 Å². The molecule has 0 bridgehead atoms. The van der Waals surface area contributed by atoms with E-state index in [1.807, 2.05) is 23.1 Å². The molecule has 1 amide bonds. The summed E-state index contributed by atoms with van der Waals surface area (Å²) in [6, 6.07) is 10.0. The van der Waals surface area contributed by atoms with Crippen LogP contribution < -0.4 is 0 Å². The van der Waals surface area contributed by atoms with Gasteiger partial charge in [-0.05, 0) is 24.8 Å². The third kappa shape index (κ3) is 3.35. The number of amides is 1. The van der Waals surface area contributed by atoms with Crippen molar-refractivity contribution in [2.24, 2.45) is 0 Å². The SMILES string of the molecule is CC(=O)N1CCCC[C@@H]2[C@H]1[C@@H](c1ccccc1)CCN2S(C)(=O)=O. The first-order valence-corrected chi connectivity index (χ1v) is 10.5. The zero-order valence-corrected chi connectivity index (χ0v) is 15.2. The standard InChI is InChI=1S/C18H26N2O3S/c1-14(21)19-12-7-6-10-17-18(19)16(15-8-4-3-5-9-15)11-13-20(17)24(2,22)23/h3-5,8-9,16-18H,6-7,10-13H2,1-2H3/t16-,17-,18-/m1/s1. The largest absolute Gasteiger partial charge is 0.338 e. The summed E-state index contributed by atoms with van der Waals surface area (Å²) in [5, 5.41) is 0. The molecule has 2 fully saturated rings. The van der Waals surface area contributed by atoms with Crippen molar-refractivity contribution in [3.8, 4) is 0 Å². The molecule has 0 saturated carbocycles. The first kappa shape index (κ1) is 17.4. The number of benzene rings is 1. The van der Waals surface area contributed by atoms with Crippen LogP contribution in [0.3, 0.4) is 0 Å². The summed E-state index contributed by atoms with van der Waals surface area (Å²) in [5.74, 6) is 0.236. The lowest BCUT2D eigenvalue weighted by atomic mass is 9.80. The minimum absolute atomic E-state index is 0.0446. The van der Waals surface area contributed by atoms with Crippen molar-refractivity contribution in [1.82, 2.24) is 9.21 Å². The van der Waals surface area contributed by atoms with Gasteiger partial charge in [-0.15, -0.1) is 0 Å². The predicted octanol–water partition coefficient (Wildman–Crippen LogP) is 2.21. The molecular weight excluding hydrogens is 324 g/mol. The van der Waals surface area contributed by atoms with Crippen LogP contribution in [0, 0.1) is 0 Å². The Bertz CT molecular complexity index is 689. The number of rotatable bonds is 2. The molecule has 1 aromatic carbocycles. The molecule has 2 saturated heterocycles. The number of nitrogens with zero attached hydrogens (tertiary/aromatic N) is 2. The van der Waals surface area contributed by atoms with E-state index in [0.29, 0.717) is 6.54 Å². The van der Waals surface area contributed by atoms with Crippen LogP contribution >= 0.6 is 0 Å². The lowest BCUT2D eigenvalue weighted by Gasteiger charge is -2.48. The second-order valence-corrected chi connectivity index (χ2v) is 8.88. The molecular formula is C18H26N2O3S. The molecule has 5 nitrogen and oxygen atoms in total. The highest BCUT2D eigenvalue weighted by Gasteiger charge is 2.46. The fraction of sp³-hybridized carbons (Fsp3) is 0.611. The molecule has 2 aliphatic rings. The molecule has 2 aliphatic heterocycles. The van der Waals surface area contributed by atoms with Gasteiger partial charge in [-0.25, -0.2) is 8.42 Å². The maximum absolute atomic E-state index is 12.3. The van der Waals surface area contributed by atoms with Gasteiger partial charge in [-0.2, -0.15) is 4.31 Å². The number of hydrogen-bond donors (Lipinski definition) is 0. The van der Waals surface area contributed by atoms with E-state index >= 15 is 0 Å². The van der Waals surface area contributed by atoms with Crippen molar-refractivity contribution in [3.05, 3.63) is 35.9 Å². The fourth-order valence-electron chi connectivity index (χ4n) is 4.41. The number of carbonyl (C=O) groups excluding carboxylic acids is 1. The van der Waals surface area contributed by atoms with Gasteiger partial charge in [0.15, 0.2) is 0 Å². The van der Waals surface area contributed by atoms with Crippen LogP contribution in [-0.2, 0) is 14.8 Å². The van der Waals surface area contributed by atoms with E-state index in [-0.39, 0.29) is 23.9 Å². The predicted molar refractivity (Wildman–Crippen MR) is 94.2 cm³/mol. The van der Waals surface area contributed by atoms with Crippen molar-refractivity contribution in [2.45, 2.75) is 50.6 Å². The van der Waals surface area contributed by atoms with Crippen LogP contribution in [0.4, 0.5) is 0 Å². The Hall–Kier alpha value is -1.40. The van der Waals surface area contributed by atoms with Crippen molar-refractivity contribution in [2.75, 3.05) is 19.3 Å². The Morgan fingerprint density at radius 1 is 1.08 bits per heavy atom. The van der Waals surface area contributed by atoms with Crippen LogP contribution in [0.1, 0.15) is 44.1 Å². The Balaban J connectivity index is 2.05. The van der Waals surface area contributed by atoms with E-state index < -0.39 is 10.0 Å². The van der Waals surface area contributed by atoms with Gasteiger partial charge in [-0.1, -0.05) is 36.8 Å². The van der Waals surface area contributed by atoms with Gasteiger partial charge in [0.25, 0.3) is 0 Å². The van der Waals surface area contributed by atoms with Gasteiger partial charge in [-0.3, -0.25) is 4.79 Å². The summed E-state index contributed by atoms with van der Waals surface area (Å²) in [6.07, 6.45) is 4.76. The van der Waals surface area contributed by atoms with Crippen LogP contribution in [-0.4, -0.2) is 55.0 Å². The minimum atomic E-state index is -3.27. The molecule has 0 spiro atoms. The van der Waals surface area contributed by atoms with E-state index in [0.717, 1.165) is 32.2 Å². The maximum Gasteiger partial charge on any atom is 0.219 e. The summed E-state index contributed by atoms with van der Waals surface area (Å²) in [4.78, 5) is 14.2. The molecule has 0 N–H and O–H groups in total. The average molecular weight is 350 g/mol. The number of piperidine rings is 1. The lowest BCUT2D eigenvalue weighted by Crippen LogP contribution is -2.59. The maximum atomic E-state index is 12.3. The summed E-state index contributed by atoms with van der Waals surface area (Å²) < 4.78 is 26.2. The first-order valence-electron chi connectivity index (χ1n) is 8.68. The monoisotopic (exact) mass is 350 g/mol. The third-order valence-corrected chi connectivity index (χ3v) is 6.71. The van der Waals surface area contributed by atoms with Gasteiger partial charge < -0.3 is 4.90 Å². The van der Waals surface area contributed by atoms with E-state index in [9.17, 15) is 13.2 Å². The Morgan fingerprint density at radius 3 is 2.42 bits per heavy atom. The highest BCUT2D eigenvalue weighted by atomic mass is 32.2. The van der Waals surface area contributed by atoms with Crippen LogP contribution in [0.2, 0.25) is 0 Å². The van der Waals surface area contributed by atoms with Gasteiger partial charge >= 0.3 is 0 Å². The van der Waals surface area contributed by atoms with Crippen molar-refractivity contribution < 1.29 is 13.2 Å². The third-order valence-electron chi connectivity index (χ3n) is 5.40. The molecule has 3 atom stereocenters. The normalized spacial score (nSPS) is 28.9. The van der Waals surface area contributed by atoms with Crippen molar-refractivity contribution in [1.29, 1.82) is 0 Å². The summed E-state index contributed by atoms with van der Waals surface area (Å²) in [5.41, 5.74) is 1.20. The molecule has 0 aliphatic carbocycles. The average Bonchev–Trinajstić information content (AvgIpc) is 2.76. The fourth-order valence-corrected chi connectivity index (χ4v) is 5.57. The Labute approximate surface area is 144 Å². The van der Waals surface area contributed by atoms with Gasteiger partial charge in [0.1, 0.15) is 0 Å². The van der Waals surface area contributed by atoms with E-state index in [2.05, 4.69) is 12.1 Å². The zero-order valence-electron chi connectivity index (χ0n) is 14.4. The number of sulfonamides is 1. The van der Waals surface area contributed by atoms with E-state index in [4.69, 9.17) is 0 Å². The second-order valence-electron chi connectivity index (χ2n) is 6.95. The van der Waals surface area contributed by atoms with Gasteiger partial charge in [0.05, 0.1) is 12.3 Å². The van der Waals surface area contributed by atoms with Crippen molar-refractivity contribution in [3.63, 3.8) is 0 Å². The molecule has 2 heterocycles. The Morgan fingerprint density at radius 2 is 1.79 bits per heavy atom. The lowest BCUT2D eigenvalue weighted by molar-refractivity contribution is -0.133. The molecule has 0 unspecified atom stereocenters. The number of fused-ring (bicyclic) bond motifs is 1. The number of hydrogen-bond acceptors (Lipinski definition) is 3. The van der Waals surface area contributed by atoms with E-state index in [1.54, 1.807) is 11.2 Å². The number of carbonyl (C=O) groups is 1. The zero-order chi connectivity index (χ0) is 17.3. The Kier molecular flexibility index (Phi) is 4.97. The highest BCUT2D eigenvalue weighted by molar-refractivity contribution is 7.88. The smallest absolute Gasteiger partial charge is 0.219 e. The van der Waals surface area contributed by atoms with Crippen LogP contribution in [0.5, 0.6) is 0 Å². The quantitative estimate of drug-likeness (QED) is 0.822. The molecule has 3 rings (SSSR count). The summed E-state index contributed by atoms with van der Waals surface area (Å²) in [7, 11) is -3.27. The van der Waals surface area contributed by atoms with Crippen LogP contribution in [0.15, 0.2) is 30.3 Å².